The summed E-state index contributed by atoms with van der Waals surface area (Å²) in [7, 11) is -6.00. The predicted octanol–water partition coefficient (Wildman–Crippen LogP) is 4.47. The largest absolute Gasteiger partial charge is 0.673 e. The zero-order chi connectivity index (χ0) is 24.8. The van der Waals surface area contributed by atoms with Crippen molar-refractivity contribution in [3.63, 3.8) is 0 Å². The van der Waals surface area contributed by atoms with Crippen molar-refractivity contribution in [2.75, 3.05) is 0 Å². The van der Waals surface area contributed by atoms with Crippen LogP contribution in [0.25, 0.3) is 0 Å². The Labute approximate surface area is 210 Å². The van der Waals surface area contributed by atoms with Crippen LogP contribution in [0.2, 0.25) is 0 Å². The van der Waals surface area contributed by atoms with E-state index >= 15 is 0 Å². The standard InChI is InChI=1S/C27H32IO.BF4/c1-16-13-17(2)26(18(3)14-16)28-20-6-8-21-19(15-20)5-7-23-22(21)11-12-27(4)24(23)9-10-25(27)29;2-1(3,4)5/h6,8,13-15,22-24H,5,7,9-12H2,1-4H3;/q+1;-1/t22-,23-,24+,27+;/m1./s1. The average Bonchev–Trinajstić information content (AvgIpc) is 3.04. The monoisotopic (exact) mass is 586 g/mol. The van der Waals surface area contributed by atoms with Gasteiger partial charge in [0.15, 0.2) is 7.14 Å². The molecular formula is C27H32BF4IO. The summed E-state index contributed by atoms with van der Waals surface area (Å²) in [6.07, 6.45) is 6.78. The van der Waals surface area contributed by atoms with Gasteiger partial charge in [-0.05, 0) is 93.9 Å². The highest BCUT2D eigenvalue weighted by Gasteiger charge is 2.54. The van der Waals surface area contributed by atoms with Crippen molar-refractivity contribution in [3.05, 3.63) is 65.3 Å². The zero-order valence-electron chi connectivity index (χ0n) is 20.2. The molecule has 2 aromatic rings. The van der Waals surface area contributed by atoms with Crippen LogP contribution in [0, 0.1) is 45.2 Å². The number of carbonyl (C=O) groups excluding carboxylic acids is 1. The van der Waals surface area contributed by atoms with Gasteiger partial charge in [0, 0.05) is 23.0 Å². The van der Waals surface area contributed by atoms with Crippen molar-refractivity contribution in [3.8, 4) is 0 Å². The molecule has 1 nitrogen and oxygen atoms in total. The molecular weight excluding hydrogens is 554 g/mol. The topological polar surface area (TPSA) is 17.1 Å². The van der Waals surface area contributed by atoms with E-state index < -0.39 is 7.25 Å². The van der Waals surface area contributed by atoms with E-state index in [0.29, 0.717) is 17.6 Å². The van der Waals surface area contributed by atoms with E-state index in [-0.39, 0.29) is 26.6 Å². The highest BCUT2D eigenvalue weighted by molar-refractivity contribution is 6.50. The summed E-state index contributed by atoms with van der Waals surface area (Å²) in [5.41, 5.74) is 7.52. The first-order chi connectivity index (χ1) is 15.9. The molecule has 0 radical (unpaired) electrons. The van der Waals surface area contributed by atoms with Gasteiger partial charge in [-0.1, -0.05) is 30.7 Å². The number of benzene rings is 2. The molecule has 0 aromatic heterocycles. The van der Waals surface area contributed by atoms with Gasteiger partial charge in [0.2, 0.25) is 0 Å². The number of hydrogen-bond acceptors (Lipinski definition) is 1. The fourth-order valence-corrected chi connectivity index (χ4v) is 9.48. The van der Waals surface area contributed by atoms with E-state index in [4.69, 9.17) is 0 Å². The minimum Gasteiger partial charge on any atom is -0.418 e. The van der Waals surface area contributed by atoms with Crippen LogP contribution in [0.4, 0.5) is 17.3 Å². The van der Waals surface area contributed by atoms with Crippen LogP contribution in [0.1, 0.15) is 72.8 Å². The second-order valence-corrected chi connectivity index (χ2v) is 13.3. The Kier molecular flexibility index (Phi) is 7.25. The second kappa shape index (κ2) is 9.59. The summed E-state index contributed by atoms with van der Waals surface area (Å²) in [6, 6.07) is 12.1. The number of hydrogen-bond donors (Lipinski definition) is 0. The minimum atomic E-state index is -6.00. The van der Waals surface area contributed by atoms with Gasteiger partial charge < -0.3 is 17.3 Å². The molecule has 3 aliphatic rings. The number of carbonyl (C=O) groups is 1. The van der Waals surface area contributed by atoms with Crippen LogP contribution in [0.3, 0.4) is 0 Å². The molecule has 5 rings (SSSR count). The van der Waals surface area contributed by atoms with Crippen molar-refractivity contribution in [1.29, 1.82) is 0 Å². The van der Waals surface area contributed by atoms with Gasteiger partial charge in [-0.15, -0.1) is 0 Å². The lowest BCUT2D eigenvalue weighted by Crippen LogP contribution is -3.62. The van der Waals surface area contributed by atoms with Crippen molar-refractivity contribution >= 4 is 13.0 Å². The summed E-state index contributed by atoms with van der Waals surface area (Å²) in [6.45, 7) is 9.03. The lowest BCUT2D eigenvalue weighted by molar-refractivity contribution is -0.598. The van der Waals surface area contributed by atoms with E-state index in [0.717, 1.165) is 25.2 Å². The zero-order valence-corrected chi connectivity index (χ0v) is 22.4. The molecule has 7 heteroatoms. The van der Waals surface area contributed by atoms with E-state index in [2.05, 4.69) is 58.0 Å². The molecule has 0 heterocycles. The summed E-state index contributed by atoms with van der Waals surface area (Å²) in [5, 5.41) is 0. The first kappa shape index (κ1) is 25.7. The SMILES string of the molecule is Cc1cc(C)c([I+]c2ccc3c(c2)CC[C@@H]2[C@@H]3CC[C@]3(C)C(=O)CC[C@@H]23)c(C)c1.F[B-](F)(F)F. The molecule has 184 valence electrons. The highest BCUT2D eigenvalue weighted by atomic mass is 127. The molecule has 0 N–H and O–H groups in total. The Hall–Kier alpha value is -1.38. The normalized spacial score (nSPS) is 27.9. The minimum absolute atomic E-state index is 0.00934. The Morgan fingerprint density at radius 1 is 0.941 bits per heavy atom. The van der Waals surface area contributed by atoms with Gasteiger partial charge >= 0.3 is 28.5 Å². The number of fused-ring (bicyclic) bond motifs is 5. The van der Waals surface area contributed by atoms with Crippen molar-refractivity contribution in [2.24, 2.45) is 17.3 Å². The van der Waals surface area contributed by atoms with E-state index in [9.17, 15) is 22.1 Å². The smallest absolute Gasteiger partial charge is 0.418 e. The maximum absolute atomic E-state index is 12.5. The van der Waals surface area contributed by atoms with Crippen LogP contribution >= 0.6 is 0 Å². The number of ketones is 1. The number of halogens is 5. The molecule has 2 fully saturated rings. The fraction of sp³-hybridized carbons (Fsp3) is 0.519. The number of rotatable bonds is 2. The van der Waals surface area contributed by atoms with Gasteiger partial charge in [0.05, 0.1) is 0 Å². The highest BCUT2D eigenvalue weighted by Crippen LogP contribution is 2.59. The fourth-order valence-electron chi connectivity index (χ4n) is 6.80. The van der Waals surface area contributed by atoms with Gasteiger partial charge in [-0.2, -0.15) is 0 Å². The Morgan fingerprint density at radius 2 is 1.59 bits per heavy atom. The lowest BCUT2D eigenvalue weighted by Gasteiger charge is -2.48. The van der Waals surface area contributed by atoms with Gasteiger partial charge in [0.1, 0.15) is 5.78 Å². The van der Waals surface area contributed by atoms with Crippen molar-refractivity contribution in [1.82, 2.24) is 0 Å². The molecule has 0 saturated heterocycles. The molecule has 2 aromatic carbocycles. The van der Waals surface area contributed by atoms with E-state index in [1.54, 1.807) is 18.3 Å². The maximum Gasteiger partial charge on any atom is 0.673 e. The van der Waals surface area contributed by atoms with Crippen LogP contribution in [0.15, 0.2) is 30.3 Å². The van der Waals surface area contributed by atoms with E-state index in [1.165, 1.54) is 36.0 Å². The summed E-state index contributed by atoms with van der Waals surface area (Å²) >= 11 is -0.133. The molecule has 4 atom stereocenters. The van der Waals surface area contributed by atoms with Crippen LogP contribution in [-0.2, 0) is 11.2 Å². The van der Waals surface area contributed by atoms with Gasteiger partial charge in [-0.3, -0.25) is 4.79 Å². The molecule has 3 aliphatic carbocycles. The molecule has 0 unspecified atom stereocenters. The summed E-state index contributed by atoms with van der Waals surface area (Å²) in [5.74, 6) is 2.61. The van der Waals surface area contributed by atoms with Crippen LogP contribution in [0.5, 0.6) is 0 Å². The number of Topliss-reactive ketones (excluding diaryl/α,β-unsaturated/α-hetero) is 1. The predicted molar refractivity (Wildman–Crippen MR) is 124 cm³/mol. The van der Waals surface area contributed by atoms with Gasteiger partial charge in [-0.25, -0.2) is 0 Å². The second-order valence-electron chi connectivity index (χ2n) is 10.5. The Bertz CT molecular complexity index is 1070. The first-order valence-electron chi connectivity index (χ1n) is 12.1. The third-order valence-corrected chi connectivity index (χ3v) is 11.7. The third-order valence-electron chi connectivity index (χ3n) is 8.18. The molecule has 34 heavy (non-hydrogen) atoms. The average molecular weight is 586 g/mol. The Balaban J connectivity index is 0.000000499. The summed E-state index contributed by atoms with van der Waals surface area (Å²) < 4.78 is 42.2. The first-order valence-corrected chi connectivity index (χ1v) is 14.3. The molecule has 2 saturated carbocycles. The third kappa shape index (κ3) is 5.24. The number of aryl methyl sites for hydroxylation is 4. The van der Waals surface area contributed by atoms with Crippen LogP contribution in [-0.4, -0.2) is 13.0 Å². The van der Waals surface area contributed by atoms with Crippen LogP contribution < -0.4 is 21.2 Å². The van der Waals surface area contributed by atoms with Crippen molar-refractivity contribution in [2.45, 2.75) is 72.1 Å². The molecule has 0 bridgehead atoms. The van der Waals surface area contributed by atoms with Crippen molar-refractivity contribution < 1.29 is 43.3 Å². The van der Waals surface area contributed by atoms with E-state index in [1.807, 2.05) is 0 Å². The Morgan fingerprint density at radius 3 is 2.24 bits per heavy atom. The summed E-state index contributed by atoms with van der Waals surface area (Å²) in [4.78, 5) is 12.5. The lowest BCUT2D eigenvalue weighted by atomic mass is 9.55. The quantitative estimate of drug-likeness (QED) is 0.289. The molecule has 0 spiro atoms. The molecule has 0 aliphatic heterocycles. The maximum atomic E-state index is 12.5. The van der Waals surface area contributed by atoms with Gasteiger partial charge in [0.25, 0.3) is 0 Å². The molecule has 0 amide bonds.